The third-order valence-electron chi connectivity index (χ3n) is 6.81. The molecular weight excluding hydrogens is 375 g/mol. The van der Waals surface area contributed by atoms with Crippen molar-refractivity contribution < 1.29 is 14.3 Å². The highest BCUT2D eigenvalue weighted by atomic mass is 32.2. The number of allylic oxidation sites excluding steroid dienone is 1. The van der Waals surface area contributed by atoms with Gasteiger partial charge in [0, 0.05) is 24.4 Å². The van der Waals surface area contributed by atoms with Crippen LogP contribution in [0.2, 0.25) is 0 Å². The Morgan fingerprint density at radius 3 is 2.93 bits per heavy atom. The third kappa shape index (κ3) is 3.29. The number of hydrogen-bond acceptors (Lipinski definition) is 4. The second kappa shape index (κ2) is 7.81. The lowest BCUT2D eigenvalue weighted by Crippen LogP contribution is -2.62. The number of nitrogens with one attached hydrogen (secondary N) is 2. The zero-order valence-corrected chi connectivity index (χ0v) is 17.4. The van der Waals surface area contributed by atoms with Gasteiger partial charge in [0.15, 0.2) is 0 Å². The average molecular weight is 405 g/mol. The number of carbonyl (C=O) groups excluding carboxylic acids is 1. The van der Waals surface area contributed by atoms with Crippen LogP contribution in [-0.2, 0) is 4.79 Å². The van der Waals surface area contributed by atoms with Crippen molar-refractivity contribution in [3.8, 4) is 0 Å². The minimum atomic E-state index is -0.536. The van der Waals surface area contributed by atoms with E-state index in [1.54, 1.807) is 17.8 Å². The molecule has 6 heteroatoms. The maximum absolute atomic E-state index is 14.9. The molecule has 4 nitrogen and oxygen atoms in total. The van der Waals surface area contributed by atoms with E-state index < -0.39 is 6.10 Å². The first-order valence-electron chi connectivity index (χ1n) is 10.2. The van der Waals surface area contributed by atoms with Crippen molar-refractivity contribution in [1.29, 1.82) is 0 Å². The van der Waals surface area contributed by atoms with E-state index >= 15 is 0 Å². The van der Waals surface area contributed by atoms with Gasteiger partial charge in [0.2, 0.25) is 5.91 Å². The van der Waals surface area contributed by atoms with Gasteiger partial charge in [-0.1, -0.05) is 32.1 Å². The highest BCUT2D eigenvalue weighted by molar-refractivity contribution is 8.03. The number of benzene rings is 1. The number of halogens is 1. The van der Waals surface area contributed by atoms with Crippen LogP contribution in [0.25, 0.3) is 0 Å². The SMILES string of the molecule is CNCC(C)c1ccc(C2C(O)CC(C)C3NC(=O)C4SC=CC4C32)cc1F. The largest absolute Gasteiger partial charge is 0.392 e. The number of fused-ring (bicyclic) bond motifs is 3. The van der Waals surface area contributed by atoms with Crippen molar-refractivity contribution in [2.45, 2.75) is 49.5 Å². The third-order valence-corrected chi connectivity index (χ3v) is 7.94. The first-order chi connectivity index (χ1) is 13.4. The van der Waals surface area contributed by atoms with Crippen LogP contribution in [0, 0.1) is 23.6 Å². The van der Waals surface area contributed by atoms with E-state index in [2.05, 4.69) is 23.6 Å². The quantitative estimate of drug-likeness (QED) is 0.722. The molecule has 3 aliphatic rings. The van der Waals surface area contributed by atoms with E-state index in [9.17, 15) is 14.3 Å². The molecule has 4 rings (SSSR count). The van der Waals surface area contributed by atoms with E-state index in [1.165, 1.54) is 0 Å². The fraction of sp³-hybridized carbons (Fsp3) is 0.591. The molecule has 152 valence electrons. The van der Waals surface area contributed by atoms with Gasteiger partial charge in [-0.25, -0.2) is 4.39 Å². The van der Waals surface area contributed by atoms with Crippen LogP contribution in [0.4, 0.5) is 4.39 Å². The van der Waals surface area contributed by atoms with E-state index in [0.717, 1.165) is 5.56 Å². The standard InChI is InChI=1S/C22H29FN2O2S/c1-11-8-17(26)18(13-4-5-14(16(23)9-13)12(2)10-24-3)19-15-6-7-28-21(15)22(27)25-20(11)19/h4-7,9,11-12,15,17-21,24,26H,8,10H2,1-3H3,(H,25,27). The summed E-state index contributed by atoms with van der Waals surface area (Å²) in [5.74, 6) is 0.127. The molecule has 3 N–H and O–H groups in total. The Hall–Kier alpha value is -1.37. The number of rotatable bonds is 4. The molecule has 1 aromatic carbocycles. The Bertz CT molecular complexity index is 786. The molecule has 2 heterocycles. The van der Waals surface area contributed by atoms with Crippen LogP contribution in [0.3, 0.4) is 0 Å². The number of piperidine rings is 1. The zero-order chi connectivity index (χ0) is 20.0. The van der Waals surface area contributed by atoms with Gasteiger partial charge in [0.05, 0.1) is 11.4 Å². The molecule has 0 spiro atoms. The maximum Gasteiger partial charge on any atom is 0.234 e. The predicted molar refractivity (Wildman–Crippen MR) is 111 cm³/mol. The molecule has 0 aromatic heterocycles. The molecule has 2 aliphatic heterocycles. The first-order valence-corrected chi connectivity index (χ1v) is 11.1. The van der Waals surface area contributed by atoms with Crippen molar-refractivity contribution >= 4 is 17.7 Å². The van der Waals surface area contributed by atoms with Crippen LogP contribution in [0.15, 0.2) is 29.7 Å². The highest BCUT2D eigenvalue weighted by Gasteiger charge is 2.53. The van der Waals surface area contributed by atoms with Crippen molar-refractivity contribution in [3.05, 3.63) is 46.6 Å². The molecule has 1 saturated heterocycles. The van der Waals surface area contributed by atoms with Crippen LogP contribution in [0.5, 0.6) is 0 Å². The maximum atomic E-state index is 14.9. The van der Waals surface area contributed by atoms with Crippen molar-refractivity contribution in [2.24, 2.45) is 17.8 Å². The van der Waals surface area contributed by atoms with Gasteiger partial charge >= 0.3 is 0 Å². The molecule has 1 amide bonds. The molecule has 8 unspecified atom stereocenters. The summed E-state index contributed by atoms with van der Waals surface area (Å²) in [6.45, 7) is 4.80. The summed E-state index contributed by atoms with van der Waals surface area (Å²) in [6.07, 6.45) is 2.19. The van der Waals surface area contributed by atoms with Gasteiger partial charge in [-0.05, 0) is 53.8 Å². The summed E-state index contributed by atoms with van der Waals surface area (Å²) in [5, 5.41) is 19.2. The van der Waals surface area contributed by atoms with Gasteiger partial charge in [-0.2, -0.15) is 0 Å². The summed E-state index contributed by atoms with van der Waals surface area (Å²) >= 11 is 1.55. The molecule has 1 saturated carbocycles. The average Bonchev–Trinajstić information content (AvgIpc) is 3.13. The number of amides is 1. The summed E-state index contributed by atoms with van der Waals surface area (Å²) in [5.41, 5.74) is 1.53. The molecule has 0 bridgehead atoms. The molecule has 1 aromatic rings. The van der Waals surface area contributed by atoms with E-state index in [4.69, 9.17) is 0 Å². The molecule has 28 heavy (non-hydrogen) atoms. The first kappa shape index (κ1) is 19.9. The Morgan fingerprint density at radius 1 is 1.43 bits per heavy atom. The Labute approximate surface area is 170 Å². The number of carbonyl (C=O) groups is 1. The van der Waals surface area contributed by atoms with Crippen molar-refractivity contribution in [3.63, 3.8) is 0 Å². The fourth-order valence-corrected chi connectivity index (χ4v) is 6.57. The van der Waals surface area contributed by atoms with Crippen LogP contribution in [-0.4, -0.2) is 42.0 Å². The number of aliphatic hydroxyl groups excluding tert-OH is 1. The lowest BCUT2D eigenvalue weighted by molar-refractivity contribution is -0.128. The fourth-order valence-electron chi connectivity index (χ4n) is 5.49. The molecule has 0 radical (unpaired) electrons. The van der Waals surface area contributed by atoms with Gasteiger partial charge in [0.1, 0.15) is 5.82 Å². The molecule has 2 fully saturated rings. The van der Waals surface area contributed by atoms with E-state index in [1.807, 2.05) is 31.5 Å². The smallest absolute Gasteiger partial charge is 0.234 e. The number of likely N-dealkylation sites (N-methyl/N-ethyl adjacent to an activating group) is 1. The van der Waals surface area contributed by atoms with Crippen molar-refractivity contribution in [2.75, 3.05) is 13.6 Å². The summed E-state index contributed by atoms with van der Waals surface area (Å²) in [7, 11) is 1.86. The Balaban J connectivity index is 1.70. The minimum Gasteiger partial charge on any atom is -0.392 e. The van der Waals surface area contributed by atoms with Gasteiger partial charge in [0.25, 0.3) is 0 Å². The number of hydrogen-bond donors (Lipinski definition) is 3. The van der Waals surface area contributed by atoms with Gasteiger partial charge in [-0.15, -0.1) is 11.8 Å². The van der Waals surface area contributed by atoms with Gasteiger partial charge < -0.3 is 15.7 Å². The van der Waals surface area contributed by atoms with Crippen LogP contribution < -0.4 is 10.6 Å². The molecular formula is C22H29FN2O2S. The zero-order valence-electron chi connectivity index (χ0n) is 16.6. The van der Waals surface area contributed by atoms with Gasteiger partial charge in [-0.3, -0.25) is 4.79 Å². The monoisotopic (exact) mass is 404 g/mol. The van der Waals surface area contributed by atoms with Crippen LogP contribution >= 0.6 is 11.8 Å². The van der Waals surface area contributed by atoms with E-state index in [-0.39, 0.29) is 52.6 Å². The number of thioether (sulfide) groups is 1. The summed E-state index contributed by atoms with van der Waals surface area (Å²) in [6, 6.07) is 5.46. The second-order valence-corrected chi connectivity index (χ2v) is 9.67. The summed E-state index contributed by atoms with van der Waals surface area (Å²) in [4.78, 5) is 12.5. The number of aliphatic hydroxyl groups is 1. The molecule has 8 atom stereocenters. The summed E-state index contributed by atoms with van der Waals surface area (Å²) < 4.78 is 14.9. The Kier molecular flexibility index (Phi) is 5.55. The minimum absolute atomic E-state index is 0.0106. The van der Waals surface area contributed by atoms with E-state index in [0.29, 0.717) is 18.5 Å². The molecule has 1 aliphatic carbocycles. The lowest BCUT2D eigenvalue weighted by atomic mass is 9.60. The van der Waals surface area contributed by atoms with Crippen LogP contribution in [0.1, 0.15) is 43.2 Å². The Morgan fingerprint density at radius 2 is 2.21 bits per heavy atom. The normalized spacial score (nSPS) is 37.9. The second-order valence-electron chi connectivity index (χ2n) is 8.62. The lowest BCUT2D eigenvalue weighted by Gasteiger charge is -2.51. The predicted octanol–water partition coefficient (Wildman–Crippen LogP) is 2.99. The highest BCUT2D eigenvalue weighted by Crippen LogP contribution is 2.51. The van der Waals surface area contributed by atoms with Crippen molar-refractivity contribution in [1.82, 2.24) is 10.6 Å². The topological polar surface area (TPSA) is 61.4 Å².